The van der Waals surface area contributed by atoms with Crippen LogP contribution in [0.25, 0.3) is 0 Å². The fraction of sp³-hybridized carbons (Fsp3) is 0.818. The normalized spacial score (nSPS) is 17.8. The third-order valence-corrected chi connectivity index (χ3v) is 3.38. The molecule has 1 fully saturated rings. The van der Waals surface area contributed by atoms with E-state index in [-0.39, 0.29) is 0 Å². The predicted molar refractivity (Wildman–Crippen MR) is 68.5 cm³/mol. The Hall–Kier alpha value is -0.840. The minimum absolute atomic E-state index is 0.365. The first-order chi connectivity index (χ1) is 7.70. The molecule has 1 aromatic heterocycles. The molecular formula is C11H20N4S. The van der Waals surface area contributed by atoms with Crippen LogP contribution >= 0.6 is 12.2 Å². The second kappa shape index (κ2) is 4.99. The minimum Gasteiger partial charge on any atom is -0.341 e. The molecule has 0 aliphatic carbocycles. The molecule has 4 nitrogen and oxygen atoms in total. The minimum atomic E-state index is 0.365. The van der Waals surface area contributed by atoms with Gasteiger partial charge in [0.2, 0.25) is 5.95 Å². The molecule has 0 bridgehead atoms. The Kier molecular flexibility index (Phi) is 3.63. The van der Waals surface area contributed by atoms with Crippen LogP contribution in [0.1, 0.15) is 45.6 Å². The van der Waals surface area contributed by atoms with Crippen LogP contribution in [0.2, 0.25) is 0 Å². The molecular weight excluding hydrogens is 220 g/mol. The number of anilines is 1. The smallest absolute Gasteiger partial charge is 0.225 e. The standard InChI is InChI=1S/C11H20N4S/c1-9(2)15-10(12-13-11(15)16)14-7-5-3-4-6-8-14/h9H,3-8H2,1-2H3,(H,13,16). The monoisotopic (exact) mass is 240 g/mol. The number of H-pyrrole nitrogens is 1. The zero-order valence-corrected chi connectivity index (χ0v) is 10.9. The van der Waals surface area contributed by atoms with E-state index in [1.807, 2.05) is 0 Å². The van der Waals surface area contributed by atoms with Crippen LogP contribution in [-0.4, -0.2) is 27.9 Å². The lowest BCUT2D eigenvalue weighted by atomic mass is 10.2. The van der Waals surface area contributed by atoms with Gasteiger partial charge in [0.1, 0.15) is 0 Å². The number of aromatic amines is 1. The van der Waals surface area contributed by atoms with Crippen LogP contribution in [-0.2, 0) is 0 Å². The highest BCUT2D eigenvalue weighted by Crippen LogP contribution is 2.20. The SMILES string of the molecule is CC(C)n1c(N2CCCCCC2)n[nH]c1=S. The van der Waals surface area contributed by atoms with Crippen molar-refractivity contribution in [1.82, 2.24) is 14.8 Å². The fourth-order valence-electron chi connectivity index (χ4n) is 2.26. The molecule has 1 aromatic rings. The van der Waals surface area contributed by atoms with Gasteiger partial charge in [-0.2, -0.15) is 0 Å². The van der Waals surface area contributed by atoms with Crippen molar-refractivity contribution in [3.63, 3.8) is 0 Å². The maximum Gasteiger partial charge on any atom is 0.225 e. The van der Waals surface area contributed by atoms with Crippen LogP contribution < -0.4 is 4.90 Å². The van der Waals surface area contributed by atoms with Crippen molar-refractivity contribution in [3.05, 3.63) is 4.77 Å². The summed E-state index contributed by atoms with van der Waals surface area (Å²) in [6.07, 6.45) is 5.20. The second-order valence-corrected chi connectivity index (χ2v) is 5.08. The van der Waals surface area contributed by atoms with Gasteiger partial charge in [0.15, 0.2) is 4.77 Å². The lowest BCUT2D eigenvalue weighted by Gasteiger charge is -2.23. The van der Waals surface area contributed by atoms with E-state index in [1.54, 1.807) is 0 Å². The van der Waals surface area contributed by atoms with Crippen molar-refractivity contribution < 1.29 is 0 Å². The molecule has 0 unspecified atom stereocenters. The summed E-state index contributed by atoms with van der Waals surface area (Å²) < 4.78 is 2.84. The van der Waals surface area contributed by atoms with Crippen molar-refractivity contribution >= 4 is 18.2 Å². The Morgan fingerprint density at radius 2 is 1.81 bits per heavy atom. The Bertz CT molecular complexity index is 385. The predicted octanol–water partition coefficient (Wildman–Crippen LogP) is 2.90. The number of hydrogen-bond acceptors (Lipinski definition) is 3. The molecule has 1 aliphatic heterocycles. The summed E-state index contributed by atoms with van der Waals surface area (Å²) in [7, 11) is 0. The van der Waals surface area contributed by atoms with Gasteiger partial charge in [0, 0.05) is 19.1 Å². The van der Waals surface area contributed by atoms with Gasteiger partial charge in [0.05, 0.1) is 0 Å². The largest absolute Gasteiger partial charge is 0.341 e. The number of nitrogens with one attached hydrogen (secondary N) is 1. The van der Waals surface area contributed by atoms with E-state index >= 15 is 0 Å². The molecule has 2 rings (SSSR count). The van der Waals surface area contributed by atoms with E-state index in [0.717, 1.165) is 23.8 Å². The van der Waals surface area contributed by atoms with Gasteiger partial charge in [-0.25, -0.2) is 5.10 Å². The zero-order valence-electron chi connectivity index (χ0n) is 10.1. The topological polar surface area (TPSA) is 36.9 Å². The van der Waals surface area contributed by atoms with E-state index in [0.29, 0.717) is 6.04 Å². The summed E-state index contributed by atoms with van der Waals surface area (Å²) in [4.78, 5) is 2.36. The fourth-order valence-corrected chi connectivity index (χ4v) is 2.59. The summed E-state index contributed by atoms with van der Waals surface area (Å²) in [5, 5.41) is 7.28. The molecule has 0 spiro atoms. The van der Waals surface area contributed by atoms with Crippen molar-refractivity contribution in [2.45, 2.75) is 45.6 Å². The van der Waals surface area contributed by atoms with Crippen LogP contribution in [0.3, 0.4) is 0 Å². The van der Waals surface area contributed by atoms with Gasteiger partial charge in [-0.1, -0.05) is 12.8 Å². The third kappa shape index (κ3) is 2.29. The highest BCUT2D eigenvalue weighted by molar-refractivity contribution is 7.71. The molecule has 2 heterocycles. The highest BCUT2D eigenvalue weighted by Gasteiger charge is 2.17. The molecule has 0 saturated carbocycles. The van der Waals surface area contributed by atoms with Crippen molar-refractivity contribution in [2.24, 2.45) is 0 Å². The van der Waals surface area contributed by atoms with Gasteiger partial charge in [0.25, 0.3) is 0 Å². The van der Waals surface area contributed by atoms with E-state index < -0.39 is 0 Å². The molecule has 0 amide bonds. The van der Waals surface area contributed by atoms with Crippen LogP contribution in [0.15, 0.2) is 0 Å². The van der Waals surface area contributed by atoms with Gasteiger partial charge in [-0.05, 0) is 38.9 Å². The van der Waals surface area contributed by atoms with E-state index in [1.165, 1.54) is 25.7 Å². The summed E-state index contributed by atoms with van der Waals surface area (Å²) in [5.41, 5.74) is 0. The molecule has 1 saturated heterocycles. The van der Waals surface area contributed by atoms with Crippen LogP contribution in [0.4, 0.5) is 5.95 Å². The average molecular weight is 240 g/mol. The quantitative estimate of drug-likeness (QED) is 0.808. The maximum atomic E-state index is 5.27. The third-order valence-electron chi connectivity index (χ3n) is 3.09. The Morgan fingerprint density at radius 3 is 2.38 bits per heavy atom. The van der Waals surface area contributed by atoms with Gasteiger partial charge >= 0.3 is 0 Å². The molecule has 1 N–H and O–H groups in total. The molecule has 16 heavy (non-hydrogen) atoms. The lowest BCUT2D eigenvalue weighted by molar-refractivity contribution is 0.577. The van der Waals surface area contributed by atoms with Gasteiger partial charge in [-0.15, -0.1) is 5.10 Å². The summed E-state index contributed by atoms with van der Waals surface area (Å²) in [5.74, 6) is 1.02. The zero-order chi connectivity index (χ0) is 11.5. The summed E-state index contributed by atoms with van der Waals surface area (Å²) >= 11 is 5.27. The number of hydrogen-bond donors (Lipinski definition) is 1. The van der Waals surface area contributed by atoms with Crippen molar-refractivity contribution in [3.8, 4) is 0 Å². The van der Waals surface area contributed by atoms with Crippen molar-refractivity contribution in [2.75, 3.05) is 18.0 Å². The highest BCUT2D eigenvalue weighted by atomic mass is 32.1. The first-order valence-corrected chi connectivity index (χ1v) is 6.53. The molecule has 1 aliphatic rings. The van der Waals surface area contributed by atoms with Crippen LogP contribution in [0, 0.1) is 4.77 Å². The molecule has 0 aromatic carbocycles. The molecule has 90 valence electrons. The average Bonchev–Trinajstić information content (AvgIpc) is 2.50. The molecule has 0 radical (unpaired) electrons. The molecule has 5 heteroatoms. The second-order valence-electron chi connectivity index (χ2n) is 4.69. The van der Waals surface area contributed by atoms with Crippen LogP contribution in [0.5, 0.6) is 0 Å². The summed E-state index contributed by atoms with van der Waals surface area (Å²) in [6.45, 7) is 6.50. The summed E-state index contributed by atoms with van der Waals surface area (Å²) in [6, 6.07) is 0.365. The Morgan fingerprint density at radius 1 is 1.19 bits per heavy atom. The number of rotatable bonds is 2. The number of aromatic nitrogens is 3. The maximum absolute atomic E-state index is 5.27. The Balaban J connectivity index is 2.28. The van der Waals surface area contributed by atoms with E-state index in [9.17, 15) is 0 Å². The van der Waals surface area contributed by atoms with Crippen molar-refractivity contribution in [1.29, 1.82) is 0 Å². The van der Waals surface area contributed by atoms with Gasteiger partial charge < -0.3 is 4.90 Å². The number of nitrogens with zero attached hydrogens (tertiary/aromatic N) is 3. The lowest BCUT2D eigenvalue weighted by Crippen LogP contribution is -2.27. The molecule has 0 atom stereocenters. The first-order valence-electron chi connectivity index (χ1n) is 6.12. The Labute approximate surface area is 102 Å². The van der Waals surface area contributed by atoms with E-state index in [2.05, 4.69) is 33.5 Å². The van der Waals surface area contributed by atoms with Gasteiger partial charge in [-0.3, -0.25) is 4.57 Å². The first kappa shape index (κ1) is 11.6. The van der Waals surface area contributed by atoms with E-state index in [4.69, 9.17) is 12.2 Å².